The Morgan fingerprint density at radius 2 is 1.92 bits per heavy atom. The highest BCUT2D eigenvalue weighted by atomic mass is 32.2. The second kappa shape index (κ2) is 7.91. The fourth-order valence-corrected chi connectivity index (χ4v) is 2.40. The molecule has 2 N–H and O–H groups in total. The molecule has 0 aliphatic heterocycles. The maximum atomic E-state index is 13.7. The van der Waals surface area contributed by atoms with Crippen LogP contribution in [0.25, 0.3) is 11.5 Å². The number of imide groups is 1. The van der Waals surface area contributed by atoms with Crippen LogP contribution in [0.1, 0.15) is 20.8 Å². The van der Waals surface area contributed by atoms with Crippen molar-refractivity contribution < 1.29 is 18.4 Å². The Labute approximate surface area is 142 Å². The molecule has 3 amide bonds. The van der Waals surface area contributed by atoms with Crippen molar-refractivity contribution in [3.8, 4) is 11.5 Å². The highest BCUT2D eigenvalue weighted by molar-refractivity contribution is 8.00. The molecule has 7 nitrogen and oxygen atoms in total. The van der Waals surface area contributed by atoms with Crippen molar-refractivity contribution in [1.82, 2.24) is 20.8 Å². The quantitative estimate of drug-likeness (QED) is 0.803. The van der Waals surface area contributed by atoms with Crippen LogP contribution in [-0.4, -0.2) is 33.4 Å². The van der Waals surface area contributed by atoms with E-state index in [1.165, 1.54) is 12.1 Å². The van der Waals surface area contributed by atoms with Crippen LogP contribution in [0, 0.1) is 5.82 Å². The van der Waals surface area contributed by atoms with Gasteiger partial charge in [0.25, 0.3) is 11.1 Å². The number of carbonyl (C=O) groups is 2. The standard InChI is InChI=1S/C15H17FN4O3S/c1-8(2)17-14(22)18-12(21)9(3)24-15-20-19-13(23-15)10-6-4-5-7-11(10)16/h4-9H,1-3H3,(H2,17,18,21,22)/t9-/m1/s1. The maximum Gasteiger partial charge on any atom is 0.321 e. The highest BCUT2D eigenvalue weighted by Gasteiger charge is 2.21. The van der Waals surface area contributed by atoms with E-state index in [-0.39, 0.29) is 22.7 Å². The Kier molecular flexibility index (Phi) is 5.91. The summed E-state index contributed by atoms with van der Waals surface area (Å²) in [5, 5.41) is 11.8. The van der Waals surface area contributed by atoms with Crippen LogP contribution in [0.5, 0.6) is 0 Å². The molecule has 1 atom stereocenters. The number of hydrogen-bond donors (Lipinski definition) is 2. The number of amides is 3. The van der Waals surface area contributed by atoms with E-state index < -0.39 is 23.0 Å². The predicted molar refractivity (Wildman–Crippen MR) is 86.8 cm³/mol. The molecular weight excluding hydrogens is 335 g/mol. The lowest BCUT2D eigenvalue weighted by Crippen LogP contribution is -2.45. The lowest BCUT2D eigenvalue weighted by atomic mass is 10.2. The zero-order valence-corrected chi connectivity index (χ0v) is 14.2. The number of thioether (sulfide) groups is 1. The van der Waals surface area contributed by atoms with E-state index in [1.54, 1.807) is 32.9 Å². The molecule has 0 aliphatic rings. The number of carbonyl (C=O) groups excluding carboxylic acids is 2. The molecule has 0 fully saturated rings. The summed E-state index contributed by atoms with van der Waals surface area (Å²) in [4.78, 5) is 23.4. The molecule has 2 aromatic rings. The molecular formula is C15H17FN4O3S. The topological polar surface area (TPSA) is 97.1 Å². The van der Waals surface area contributed by atoms with E-state index in [4.69, 9.17) is 4.42 Å². The molecule has 0 aliphatic carbocycles. The molecule has 1 aromatic carbocycles. The number of nitrogens with zero attached hydrogens (tertiary/aromatic N) is 2. The Hall–Kier alpha value is -2.42. The number of rotatable bonds is 5. The average molecular weight is 352 g/mol. The lowest BCUT2D eigenvalue weighted by Gasteiger charge is -2.11. The van der Waals surface area contributed by atoms with Gasteiger partial charge in [-0.15, -0.1) is 10.2 Å². The summed E-state index contributed by atoms with van der Waals surface area (Å²) in [7, 11) is 0. The second-order valence-corrected chi connectivity index (χ2v) is 6.52. The largest absolute Gasteiger partial charge is 0.411 e. The summed E-state index contributed by atoms with van der Waals surface area (Å²) in [6, 6.07) is 5.36. The van der Waals surface area contributed by atoms with Crippen LogP contribution in [0.4, 0.5) is 9.18 Å². The number of halogens is 1. The third kappa shape index (κ3) is 4.79. The summed E-state index contributed by atoms with van der Waals surface area (Å²) >= 11 is 0.979. The third-order valence-corrected chi connectivity index (χ3v) is 3.75. The predicted octanol–water partition coefficient (Wildman–Crippen LogP) is 2.59. The summed E-state index contributed by atoms with van der Waals surface area (Å²) in [6.07, 6.45) is 0. The molecule has 1 aromatic heterocycles. The molecule has 0 unspecified atom stereocenters. The van der Waals surface area contributed by atoms with Crippen LogP contribution in [-0.2, 0) is 4.79 Å². The van der Waals surface area contributed by atoms with Gasteiger partial charge in [-0.2, -0.15) is 0 Å². The van der Waals surface area contributed by atoms with Crippen LogP contribution in [0.15, 0.2) is 33.9 Å². The van der Waals surface area contributed by atoms with Crippen LogP contribution in [0.3, 0.4) is 0 Å². The van der Waals surface area contributed by atoms with E-state index in [0.29, 0.717) is 0 Å². The smallest absolute Gasteiger partial charge is 0.321 e. The zero-order valence-electron chi connectivity index (χ0n) is 13.4. The molecule has 0 bridgehead atoms. The average Bonchev–Trinajstić information content (AvgIpc) is 2.94. The fourth-order valence-electron chi connectivity index (χ4n) is 1.72. The summed E-state index contributed by atoms with van der Waals surface area (Å²) in [5.74, 6) is -0.946. The lowest BCUT2D eigenvalue weighted by molar-refractivity contribution is -0.119. The van der Waals surface area contributed by atoms with Gasteiger partial charge in [-0.05, 0) is 32.9 Å². The van der Waals surface area contributed by atoms with Gasteiger partial charge in [0.1, 0.15) is 5.82 Å². The molecule has 9 heteroatoms. The minimum Gasteiger partial charge on any atom is -0.411 e. The number of hydrogen-bond acceptors (Lipinski definition) is 6. The maximum absolute atomic E-state index is 13.7. The monoisotopic (exact) mass is 352 g/mol. The van der Waals surface area contributed by atoms with Crippen LogP contribution < -0.4 is 10.6 Å². The minimum absolute atomic E-state index is 0.0285. The van der Waals surface area contributed by atoms with E-state index in [0.717, 1.165) is 11.8 Å². The second-order valence-electron chi connectivity index (χ2n) is 5.23. The molecule has 0 spiro atoms. The molecule has 1 heterocycles. The van der Waals surface area contributed by atoms with Crippen molar-refractivity contribution in [1.29, 1.82) is 0 Å². The summed E-state index contributed by atoms with van der Waals surface area (Å²) in [6.45, 7) is 5.16. The van der Waals surface area contributed by atoms with Crippen molar-refractivity contribution in [2.24, 2.45) is 0 Å². The number of aromatic nitrogens is 2. The Morgan fingerprint density at radius 1 is 1.21 bits per heavy atom. The van der Waals surface area contributed by atoms with Crippen molar-refractivity contribution in [2.45, 2.75) is 37.3 Å². The first-order valence-corrected chi connectivity index (χ1v) is 8.11. The van der Waals surface area contributed by atoms with Gasteiger partial charge < -0.3 is 9.73 Å². The van der Waals surface area contributed by atoms with Crippen molar-refractivity contribution in [3.05, 3.63) is 30.1 Å². The van der Waals surface area contributed by atoms with E-state index in [9.17, 15) is 14.0 Å². The normalized spacial score (nSPS) is 12.0. The van der Waals surface area contributed by atoms with Crippen molar-refractivity contribution >= 4 is 23.7 Å². The van der Waals surface area contributed by atoms with E-state index in [2.05, 4.69) is 20.8 Å². The Balaban J connectivity index is 1.98. The first kappa shape index (κ1) is 17.9. The van der Waals surface area contributed by atoms with Gasteiger partial charge in [0, 0.05) is 6.04 Å². The molecule has 0 saturated heterocycles. The Morgan fingerprint density at radius 3 is 2.58 bits per heavy atom. The highest BCUT2D eigenvalue weighted by Crippen LogP contribution is 2.27. The number of nitrogens with one attached hydrogen (secondary N) is 2. The molecule has 24 heavy (non-hydrogen) atoms. The zero-order chi connectivity index (χ0) is 17.7. The van der Waals surface area contributed by atoms with E-state index in [1.807, 2.05) is 0 Å². The fraction of sp³-hybridized carbons (Fsp3) is 0.333. The first-order chi connectivity index (χ1) is 11.4. The molecule has 128 valence electrons. The molecule has 0 radical (unpaired) electrons. The third-order valence-electron chi connectivity index (χ3n) is 2.81. The number of urea groups is 1. The van der Waals surface area contributed by atoms with Gasteiger partial charge in [0.2, 0.25) is 5.91 Å². The first-order valence-electron chi connectivity index (χ1n) is 7.23. The Bertz CT molecular complexity index is 735. The van der Waals surface area contributed by atoms with E-state index >= 15 is 0 Å². The van der Waals surface area contributed by atoms with Gasteiger partial charge in [0.05, 0.1) is 10.8 Å². The molecule has 2 rings (SSSR count). The van der Waals surface area contributed by atoms with Gasteiger partial charge in [-0.3, -0.25) is 10.1 Å². The van der Waals surface area contributed by atoms with Gasteiger partial charge in [-0.25, -0.2) is 9.18 Å². The minimum atomic E-state index is -0.642. The summed E-state index contributed by atoms with van der Waals surface area (Å²) in [5.41, 5.74) is 0.185. The van der Waals surface area contributed by atoms with Crippen LogP contribution >= 0.6 is 11.8 Å². The van der Waals surface area contributed by atoms with Crippen molar-refractivity contribution in [2.75, 3.05) is 0 Å². The van der Waals surface area contributed by atoms with Gasteiger partial charge >= 0.3 is 6.03 Å². The van der Waals surface area contributed by atoms with Gasteiger partial charge in [-0.1, -0.05) is 23.9 Å². The van der Waals surface area contributed by atoms with Crippen molar-refractivity contribution in [3.63, 3.8) is 0 Å². The molecule has 0 saturated carbocycles. The van der Waals surface area contributed by atoms with Crippen LogP contribution in [0.2, 0.25) is 0 Å². The number of benzene rings is 1. The van der Waals surface area contributed by atoms with Gasteiger partial charge in [0.15, 0.2) is 0 Å². The summed E-state index contributed by atoms with van der Waals surface area (Å²) < 4.78 is 19.0. The SMILES string of the molecule is CC(C)NC(=O)NC(=O)[C@@H](C)Sc1nnc(-c2ccccc2F)o1.